The smallest absolute Gasteiger partial charge is 0.335 e. The highest BCUT2D eigenvalue weighted by Gasteiger charge is 2.31. The van der Waals surface area contributed by atoms with Crippen molar-refractivity contribution in [2.75, 3.05) is 0 Å². The first-order valence-electron chi connectivity index (χ1n) is 8.78. The van der Waals surface area contributed by atoms with Crippen molar-refractivity contribution in [1.29, 1.82) is 0 Å². The van der Waals surface area contributed by atoms with Gasteiger partial charge in [0, 0.05) is 5.69 Å². The summed E-state index contributed by atoms with van der Waals surface area (Å²) in [4.78, 5) is 0. The van der Waals surface area contributed by atoms with Gasteiger partial charge in [-0.1, -0.05) is 44.2 Å². The zero-order valence-corrected chi connectivity index (χ0v) is 16.4. The molecule has 6 heteroatoms. The fraction of sp³-hybridized carbons (Fsp3) is 0.450. The molecular weight excluding hydrogens is 348 g/mol. The third kappa shape index (κ3) is 4.56. The first-order valence-corrected chi connectivity index (χ1v) is 9.45. The lowest BCUT2D eigenvalue weighted by Crippen LogP contribution is -2.21. The van der Waals surface area contributed by atoms with Gasteiger partial charge in [-0.2, -0.15) is 13.5 Å². The van der Waals surface area contributed by atoms with Crippen LogP contribution in [0.25, 0.3) is 5.57 Å². The topological polar surface area (TPSA) is 72.2 Å². The molecule has 0 aliphatic heterocycles. The van der Waals surface area contributed by atoms with Gasteiger partial charge in [-0.15, -0.1) is 0 Å². The van der Waals surface area contributed by atoms with Crippen LogP contribution in [-0.4, -0.2) is 29.4 Å². The Morgan fingerprint density at radius 3 is 2.31 bits per heavy atom. The molecule has 0 amide bonds. The molecular formula is C20H26N2O3S. The normalized spacial score (nSPS) is 25.5. The van der Waals surface area contributed by atoms with Gasteiger partial charge in [-0.05, 0) is 55.4 Å². The molecule has 4 atom stereocenters. The molecule has 0 fully saturated rings. The largest absolute Gasteiger partial charge is 0.389 e. The number of hydrogen-bond acceptors (Lipinski definition) is 4. The lowest BCUT2D eigenvalue weighted by Gasteiger charge is -2.25. The van der Waals surface area contributed by atoms with Crippen LogP contribution >= 0.6 is 0 Å². The number of aromatic nitrogens is 2. The van der Waals surface area contributed by atoms with E-state index in [9.17, 15) is 5.11 Å². The Balaban J connectivity index is 0.000000758. The molecule has 0 radical (unpaired) electrons. The molecule has 1 N–H and O–H groups in total. The molecule has 1 aromatic carbocycles. The number of benzene rings is 1. The molecule has 0 saturated heterocycles. The summed E-state index contributed by atoms with van der Waals surface area (Å²) in [6, 6.07) is 12.7. The zero-order chi connectivity index (χ0) is 19.3. The molecule has 26 heavy (non-hydrogen) atoms. The van der Waals surface area contributed by atoms with E-state index in [4.69, 9.17) is 13.5 Å². The Kier molecular flexibility index (Phi) is 7.06. The molecule has 0 bridgehead atoms. The predicted octanol–water partition coefficient (Wildman–Crippen LogP) is 3.49. The maximum absolute atomic E-state index is 10.6. The van der Waals surface area contributed by atoms with Crippen LogP contribution in [0.15, 0.2) is 42.5 Å². The molecule has 0 spiro atoms. The Hall–Kier alpha value is -2.05. The molecule has 5 nitrogen and oxygen atoms in total. The van der Waals surface area contributed by atoms with Gasteiger partial charge in [0.05, 0.1) is 17.8 Å². The summed E-state index contributed by atoms with van der Waals surface area (Å²) >= 11 is -0.750. The second-order valence-electron chi connectivity index (χ2n) is 7.01. The second-order valence-corrected chi connectivity index (χ2v) is 7.14. The number of aryl methyl sites for hydroxylation is 2. The fourth-order valence-electron chi connectivity index (χ4n) is 3.59. The van der Waals surface area contributed by atoms with Crippen LogP contribution in [0.3, 0.4) is 0 Å². The Bertz CT molecular complexity index is 795. The van der Waals surface area contributed by atoms with Crippen molar-refractivity contribution >= 4 is 17.1 Å². The lowest BCUT2D eigenvalue weighted by atomic mass is 9.88. The molecule has 1 aromatic heterocycles. The van der Waals surface area contributed by atoms with Crippen LogP contribution in [0.5, 0.6) is 0 Å². The summed E-state index contributed by atoms with van der Waals surface area (Å²) in [5, 5.41) is 15.3. The van der Waals surface area contributed by atoms with Crippen molar-refractivity contribution in [3.8, 4) is 0 Å². The zero-order valence-electron chi connectivity index (χ0n) is 15.6. The minimum absolute atomic E-state index is 0.167. The summed E-state index contributed by atoms with van der Waals surface area (Å²) in [6.07, 6.45) is 2.62. The van der Waals surface area contributed by atoms with Crippen LogP contribution in [0, 0.1) is 25.7 Å². The van der Waals surface area contributed by atoms with Crippen LogP contribution in [0.1, 0.15) is 43.3 Å². The van der Waals surface area contributed by atoms with Gasteiger partial charge in [0.1, 0.15) is 0 Å². The summed E-state index contributed by atoms with van der Waals surface area (Å²) < 4.78 is 18.7. The Morgan fingerprint density at radius 2 is 1.77 bits per heavy atom. The highest BCUT2D eigenvalue weighted by atomic mass is 32.1. The van der Waals surface area contributed by atoms with Crippen molar-refractivity contribution in [2.24, 2.45) is 11.8 Å². The summed E-state index contributed by atoms with van der Waals surface area (Å²) in [5.74, 6) is 0.673. The minimum Gasteiger partial charge on any atom is -0.389 e. The van der Waals surface area contributed by atoms with E-state index in [1.54, 1.807) is 0 Å². The predicted molar refractivity (Wildman–Crippen MR) is 103 cm³/mol. The first kappa shape index (κ1) is 20.3. The van der Waals surface area contributed by atoms with Crippen LogP contribution < -0.4 is 0 Å². The number of allylic oxidation sites excluding steroid dienone is 1. The van der Waals surface area contributed by atoms with Crippen LogP contribution in [-0.2, 0) is 11.6 Å². The number of hydrogen-bond donors (Lipinski definition) is 1. The van der Waals surface area contributed by atoms with Gasteiger partial charge < -0.3 is 5.11 Å². The average molecular weight is 375 g/mol. The van der Waals surface area contributed by atoms with Crippen molar-refractivity contribution in [3.05, 3.63) is 59.4 Å². The standard InChI is InChI=1S/C20H26N2O.O2S/c1-13-10-19(22-15(3)11-14(2)21-22)18(12-20(23)16(13)4)17-8-6-5-7-9-17;1-3-2/h5-9,11-13,16,19-20,23H,10H2,1-4H3;/t13-,16-,19?,20-;/m1./s1. The molecule has 1 aliphatic rings. The molecule has 3 rings (SSSR count). The number of rotatable bonds is 2. The third-order valence-corrected chi connectivity index (χ3v) is 5.19. The van der Waals surface area contributed by atoms with Gasteiger partial charge in [-0.3, -0.25) is 4.68 Å². The van der Waals surface area contributed by atoms with Crippen molar-refractivity contribution in [1.82, 2.24) is 9.78 Å². The molecule has 1 aliphatic carbocycles. The van der Waals surface area contributed by atoms with Crippen LogP contribution in [0.2, 0.25) is 0 Å². The third-order valence-electron chi connectivity index (χ3n) is 5.19. The molecule has 1 heterocycles. The van der Waals surface area contributed by atoms with E-state index in [2.05, 4.69) is 55.8 Å². The van der Waals surface area contributed by atoms with E-state index in [0.29, 0.717) is 5.92 Å². The van der Waals surface area contributed by atoms with E-state index < -0.39 is 17.7 Å². The highest BCUT2D eigenvalue weighted by Crippen LogP contribution is 2.40. The lowest BCUT2D eigenvalue weighted by molar-refractivity contribution is 0.126. The quantitative estimate of drug-likeness (QED) is 0.873. The van der Waals surface area contributed by atoms with E-state index in [1.807, 2.05) is 19.1 Å². The van der Waals surface area contributed by atoms with Gasteiger partial charge in [0.25, 0.3) is 0 Å². The van der Waals surface area contributed by atoms with E-state index in [0.717, 1.165) is 12.1 Å². The molecule has 1 unspecified atom stereocenters. The fourth-order valence-corrected chi connectivity index (χ4v) is 3.59. The van der Waals surface area contributed by atoms with Gasteiger partial charge in [0.2, 0.25) is 0 Å². The molecule has 2 aromatic rings. The monoisotopic (exact) mass is 374 g/mol. The molecule has 140 valence electrons. The van der Waals surface area contributed by atoms with E-state index >= 15 is 0 Å². The molecule has 0 saturated carbocycles. The number of nitrogens with zero attached hydrogens (tertiary/aromatic N) is 2. The maximum atomic E-state index is 10.6. The Morgan fingerprint density at radius 1 is 1.15 bits per heavy atom. The number of aliphatic hydroxyl groups excluding tert-OH is 1. The van der Waals surface area contributed by atoms with Gasteiger partial charge in [0.15, 0.2) is 0 Å². The van der Waals surface area contributed by atoms with Crippen molar-refractivity contribution in [2.45, 2.75) is 46.3 Å². The first-order chi connectivity index (χ1) is 12.4. The Labute approximate surface area is 158 Å². The second kappa shape index (κ2) is 9.05. The summed E-state index contributed by atoms with van der Waals surface area (Å²) in [7, 11) is 0. The van der Waals surface area contributed by atoms with E-state index in [-0.39, 0.29) is 12.0 Å². The average Bonchev–Trinajstić information content (AvgIpc) is 2.91. The number of aliphatic hydroxyl groups is 1. The van der Waals surface area contributed by atoms with Gasteiger partial charge in [-0.25, -0.2) is 0 Å². The summed E-state index contributed by atoms with van der Waals surface area (Å²) in [5.41, 5.74) is 4.57. The van der Waals surface area contributed by atoms with Crippen molar-refractivity contribution in [3.63, 3.8) is 0 Å². The SMILES string of the molecule is Cc1cc(C)n(C2C[C@@H](C)[C@@H](C)[C@H](O)C=C2c2ccccc2)n1.O=S=O. The summed E-state index contributed by atoms with van der Waals surface area (Å²) in [6.45, 7) is 8.51. The van der Waals surface area contributed by atoms with Gasteiger partial charge >= 0.3 is 11.6 Å². The van der Waals surface area contributed by atoms with Crippen molar-refractivity contribution < 1.29 is 13.5 Å². The minimum atomic E-state index is -0.750. The maximum Gasteiger partial charge on any atom is 0.335 e. The van der Waals surface area contributed by atoms with E-state index in [1.165, 1.54) is 16.8 Å². The van der Waals surface area contributed by atoms with Crippen LogP contribution in [0.4, 0.5) is 0 Å². The highest BCUT2D eigenvalue weighted by molar-refractivity contribution is 7.51.